The summed E-state index contributed by atoms with van der Waals surface area (Å²) in [5.74, 6) is 0.939. The SMILES string of the molecule is COc1ccc(N(C)C(=O)COc2ccc(S(=O)(=O)N3CCCCCC3)cc2)cc1. The molecule has 0 unspecified atom stereocenters. The van der Waals surface area contributed by atoms with Crippen LogP contribution in [0.15, 0.2) is 53.4 Å². The highest BCUT2D eigenvalue weighted by atomic mass is 32.2. The number of methoxy groups -OCH3 is 1. The van der Waals surface area contributed by atoms with Crippen LogP contribution >= 0.6 is 0 Å². The average molecular weight is 433 g/mol. The summed E-state index contributed by atoms with van der Waals surface area (Å²) in [7, 11) is -0.240. The number of carbonyl (C=O) groups excluding carboxylic acids is 1. The lowest BCUT2D eigenvalue weighted by molar-refractivity contribution is -0.120. The second-order valence-corrected chi connectivity index (χ2v) is 9.17. The average Bonchev–Trinajstić information content (AvgIpc) is 3.07. The number of ether oxygens (including phenoxy) is 2. The summed E-state index contributed by atoms with van der Waals surface area (Å²) in [6.45, 7) is 0.973. The third-order valence-electron chi connectivity index (χ3n) is 5.22. The lowest BCUT2D eigenvalue weighted by Gasteiger charge is -2.20. The van der Waals surface area contributed by atoms with Gasteiger partial charge in [-0.25, -0.2) is 8.42 Å². The molecule has 0 N–H and O–H groups in total. The Bertz CT molecular complexity index is 934. The summed E-state index contributed by atoms with van der Waals surface area (Å²) in [5.41, 5.74) is 0.725. The van der Waals surface area contributed by atoms with Gasteiger partial charge in [-0.05, 0) is 61.4 Å². The zero-order valence-corrected chi connectivity index (χ0v) is 18.2. The normalized spacial score (nSPS) is 15.3. The molecule has 0 bridgehead atoms. The fourth-order valence-electron chi connectivity index (χ4n) is 3.33. The van der Waals surface area contributed by atoms with Gasteiger partial charge in [0.2, 0.25) is 10.0 Å². The minimum atomic E-state index is -3.50. The third kappa shape index (κ3) is 5.31. The topological polar surface area (TPSA) is 76.1 Å². The first-order chi connectivity index (χ1) is 14.4. The quantitative estimate of drug-likeness (QED) is 0.671. The Morgan fingerprint density at radius 2 is 1.50 bits per heavy atom. The molecule has 1 saturated heterocycles. The predicted octanol–water partition coefficient (Wildman–Crippen LogP) is 3.30. The molecule has 162 valence electrons. The molecule has 1 heterocycles. The van der Waals surface area contributed by atoms with E-state index in [1.54, 1.807) is 54.9 Å². The highest BCUT2D eigenvalue weighted by Gasteiger charge is 2.25. The molecule has 30 heavy (non-hydrogen) atoms. The van der Waals surface area contributed by atoms with Crippen molar-refractivity contribution in [2.75, 3.05) is 38.8 Å². The first-order valence-electron chi connectivity index (χ1n) is 10.1. The van der Waals surface area contributed by atoms with Crippen LogP contribution in [0.2, 0.25) is 0 Å². The number of hydrogen-bond donors (Lipinski definition) is 0. The molecule has 8 heteroatoms. The van der Waals surface area contributed by atoms with Crippen LogP contribution in [0.1, 0.15) is 25.7 Å². The number of carbonyl (C=O) groups is 1. The van der Waals surface area contributed by atoms with E-state index in [0.29, 0.717) is 24.6 Å². The van der Waals surface area contributed by atoms with Crippen LogP contribution in [-0.2, 0) is 14.8 Å². The van der Waals surface area contributed by atoms with Crippen molar-refractivity contribution >= 4 is 21.6 Å². The molecule has 7 nitrogen and oxygen atoms in total. The molecule has 1 fully saturated rings. The summed E-state index contributed by atoms with van der Waals surface area (Å²) in [6, 6.07) is 13.4. The Morgan fingerprint density at radius 1 is 0.933 bits per heavy atom. The molecule has 0 saturated carbocycles. The lowest BCUT2D eigenvalue weighted by Crippen LogP contribution is -2.32. The van der Waals surface area contributed by atoms with Crippen LogP contribution < -0.4 is 14.4 Å². The number of amides is 1. The first kappa shape index (κ1) is 22.1. The van der Waals surface area contributed by atoms with Gasteiger partial charge in [0, 0.05) is 25.8 Å². The fourth-order valence-corrected chi connectivity index (χ4v) is 4.85. The van der Waals surface area contributed by atoms with Gasteiger partial charge in [0.25, 0.3) is 5.91 Å². The van der Waals surface area contributed by atoms with E-state index in [1.165, 1.54) is 17.0 Å². The largest absolute Gasteiger partial charge is 0.497 e. The molecule has 3 rings (SSSR count). The van der Waals surface area contributed by atoms with Crippen molar-refractivity contribution in [1.29, 1.82) is 0 Å². The molecule has 2 aromatic carbocycles. The molecule has 1 aliphatic rings. The molecule has 0 aliphatic carbocycles. The number of sulfonamides is 1. The smallest absolute Gasteiger partial charge is 0.264 e. The van der Waals surface area contributed by atoms with Crippen molar-refractivity contribution in [3.63, 3.8) is 0 Å². The van der Waals surface area contributed by atoms with Crippen molar-refractivity contribution in [2.24, 2.45) is 0 Å². The summed E-state index contributed by atoms with van der Waals surface area (Å²) in [5, 5.41) is 0. The standard InChI is InChI=1S/C22H28N2O5S/c1-23(18-7-9-19(28-2)10-8-18)22(25)17-29-20-11-13-21(14-12-20)30(26,27)24-15-5-3-4-6-16-24/h7-14H,3-6,15-17H2,1-2H3. The molecular weight excluding hydrogens is 404 g/mol. The van der Waals surface area contributed by atoms with Crippen molar-refractivity contribution in [3.05, 3.63) is 48.5 Å². The molecule has 1 amide bonds. The van der Waals surface area contributed by atoms with E-state index in [9.17, 15) is 13.2 Å². The lowest BCUT2D eigenvalue weighted by atomic mass is 10.2. The molecule has 0 atom stereocenters. The van der Waals surface area contributed by atoms with E-state index in [2.05, 4.69) is 0 Å². The number of anilines is 1. The van der Waals surface area contributed by atoms with Crippen LogP contribution in [0.3, 0.4) is 0 Å². The van der Waals surface area contributed by atoms with Gasteiger partial charge in [-0.1, -0.05) is 12.8 Å². The van der Waals surface area contributed by atoms with Crippen LogP contribution in [0, 0.1) is 0 Å². The summed E-state index contributed by atoms with van der Waals surface area (Å²) < 4.78 is 37.9. The number of hydrogen-bond acceptors (Lipinski definition) is 5. The van der Waals surface area contributed by atoms with Gasteiger partial charge < -0.3 is 14.4 Å². The van der Waals surface area contributed by atoms with Crippen LogP contribution in [0.5, 0.6) is 11.5 Å². The maximum atomic E-state index is 12.8. The van der Waals surface area contributed by atoms with Crippen LogP contribution in [0.4, 0.5) is 5.69 Å². The van der Waals surface area contributed by atoms with Crippen molar-refractivity contribution < 1.29 is 22.7 Å². The molecule has 0 spiro atoms. The van der Waals surface area contributed by atoms with E-state index < -0.39 is 10.0 Å². The van der Waals surface area contributed by atoms with E-state index in [0.717, 1.165) is 31.4 Å². The van der Waals surface area contributed by atoms with Gasteiger partial charge in [0.1, 0.15) is 11.5 Å². The third-order valence-corrected chi connectivity index (χ3v) is 7.14. The first-order valence-corrected chi connectivity index (χ1v) is 11.5. The van der Waals surface area contributed by atoms with Crippen molar-refractivity contribution in [3.8, 4) is 11.5 Å². The second kappa shape index (κ2) is 9.95. The zero-order chi connectivity index (χ0) is 21.6. The minimum absolute atomic E-state index is 0.152. The van der Waals surface area contributed by atoms with E-state index >= 15 is 0 Å². The van der Waals surface area contributed by atoms with Gasteiger partial charge in [-0.3, -0.25) is 4.79 Å². The maximum absolute atomic E-state index is 12.8. The van der Waals surface area contributed by atoms with Gasteiger partial charge in [-0.2, -0.15) is 4.31 Å². The van der Waals surface area contributed by atoms with Crippen molar-refractivity contribution in [2.45, 2.75) is 30.6 Å². The highest BCUT2D eigenvalue weighted by Crippen LogP contribution is 2.23. The molecule has 0 radical (unpaired) electrons. The number of nitrogens with zero attached hydrogens (tertiary/aromatic N) is 2. The Kier molecular flexibility index (Phi) is 7.33. The maximum Gasteiger partial charge on any atom is 0.264 e. The number of likely N-dealkylation sites (N-methyl/N-ethyl adjacent to an activating group) is 1. The summed E-state index contributed by atoms with van der Waals surface area (Å²) in [4.78, 5) is 14.1. The molecule has 0 aromatic heterocycles. The van der Waals surface area contributed by atoms with Crippen molar-refractivity contribution in [1.82, 2.24) is 4.31 Å². The molecular formula is C22H28N2O5S. The fraction of sp³-hybridized carbons (Fsp3) is 0.409. The van der Waals surface area contributed by atoms with Crippen LogP contribution in [-0.4, -0.2) is 52.5 Å². The van der Waals surface area contributed by atoms with E-state index in [1.807, 2.05) is 0 Å². The summed E-state index contributed by atoms with van der Waals surface area (Å²) >= 11 is 0. The number of rotatable bonds is 7. The molecule has 1 aliphatic heterocycles. The Labute approximate surface area is 178 Å². The second-order valence-electron chi connectivity index (χ2n) is 7.23. The van der Waals surface area contributed by atoms with Gasteiger partial charge in [0.15, 0.2) is 6.61 Å². The van der Waals surface area contributed by atoms with E-state index in [4.69, 9.17) is 9.47 Å². The Hall–Kier alpha value is -2.58. The number of benzene rings is 2. The van der Waals surface area contributed by atoms with E-state index in [-0.39, 0.29) is 17.4 Å². The Balaban J connectivity index is 1.59. The minimum Gasteiger partial charge on any atom is -0.497 e. The zero-order valence-electron chi connectivity index (χ0n) is 17.4. The Morgan fingerprint density at radius 3 is 2.07 bits per heavy atom. The van der Waals surface area contributed by atoms with Gasteiger partial charge in [-0.15, -0.1) is 0 Å². The monoisotopic (exact) mass is 432 g/mol. The predicted molar refractivity (Wildman–Crippen MR) is 116 cm³/mol. The molecule has 2 aromatic rings. The van der Waals surface area contributed by atoms with Crippen LogP contribution in [0.25, 0.3) is 0 Å². The highest BCUT2D eigenvalue weighted by molar-refractivity contribution is 7.89. The van der Waals surface area contributed by atoms with Gasteiger partial charge in [0.05, 0.1) is 12.0 Å². The summed E-state index contributed by atoms with van der Waals surface area (Å²) in [6.07, 6.45) is 3.92. The van der Waals surface area contributed by atoms with Gasteiger partial charge >= 0.3 is 0 Å².